The van der Waals surface area contributed by atoms with Crippen molar-refractivity contribution >= 4 is 5.96 Å². The second-order valence-electron chi connectivity index (χ2n) is 7.02. The van der Waals surface area contributed by atoms with E-state index in [1.807, 2.05) is 48.0 Å². The minimum Gasteiger partial charge on any atom is -0.494 e. The predicted octanol–water partition coefficient (Wildman–Crippen LogP) is 3.88. The quantitative estimate of drug-likeness (QED) is 0.322. The molecule has 3 rings (SSSR count). The maximum atomic E-state index is 5.69. The standard InChI is InChI=1S/C24H31N5O/c1-4-30-23-15-9-8-11-20(23)17-27-24(25-3)26-16-10-12-21-18-29(28-19(21)2)22-13-6-5-7-14-22/h5-9,11,13-15,18H,4,10,12,16-17H2,1-3H3,(H2,25,26,27). The van der Waals surface area contributed by atoms with Crippen LogP contribution in [-0.2, 0) is 13.0 Å². The molecule has 0 fully saturated rings. The van der Waals surface area contributed by atoms with Gasteiger partial charge in [-0.15, -0.1) is 0 Å². The summed E-state index contributed by atoms with van der Waals surface area (Å²) in [5, 5.41) is 11.4. The van der Waals surface area contributed by atoms with Gasteiger partial charge in [-0.1, -0.05) is 36.4 Å². The van der Waals surface area contributed by atoms with E-state index in [1.54, 1.807) is 7.05 Å². The van der Waals surface area contributed by atoms with Crippen molar-refractivity contribution in [3.05, 3.63) is 77.6 Å². The second kappa shape index (κ2) is 11.0. The highest BCUT2D eigenvalue weighted by Crippen LogP contribution is 2.17. The lowest BCUT2D eigenvalue weighted by molar-refractivity contribution is 0.336. The van der Waals surface area contributed by atoms with Crippen LogP contribution in [0.15, 0.2) is 65.8 Å². The molecule has 6 heteroatoms. The van der Waals surface area contributed by atoms with Crippen LogP contribution >= 0.6 is 0 Å². The number of aromatic nitrogens is 2. The number of guanidine groups is 1. The fourth-order valence-corrected chi connectivity index (χ4v) is 3.29. The first kappa shape index (κ1) is 21.4. The van der Waals surface area contributed by atoms with Crippen LogP contribution in [0.25, 0.3) is 5.69 Å². The molecule has 1 aromatic heterocycles. The smallest absolute Gasteiger partial charge is 0.191 e. The van der Waals surface area contributed by atoms with E-state index in [2.05, 4.69) is 52.0 Å². The van der Waals surface area contributed by atoms with Crippen LogP contribution in [0.5, 0.6) is 5.75 Å². The van der Waals surface area contributed by atoms with Crippen LogP contribution in [0.2, 0.25) is 0 Å². The highest BCUT2D eigenvalue weighted by molar-refractivity contribution is 5.79. The summed E-state index contributed by atoms with van der Waals surface area (Å²) in [5.41, 5.74) is 4.55. The highest BCUT2D eigenvalue weighted by Gasteiger charge is 2.07. The summed E-state index contributed by atoms with van der Waals surface area (Å²) >= 11 is 0. The zero-order valence-electron chi connectivity index (χ0n) is 18.1. The molecule has 0 saturated heterocycles. The first-order chi connectivity index (χ1) is 14.7. The van der Waals surface area contributed by atoms with Crippen molar-refractivity contribution in [3.63, 3.8) is 0 Å². The van der Waals surface area contributed by atoms with E-state index in [1.165, 1.54) is 5.56 Å². The van der Waals surface area contributed by atoms with E-state index < -0.39 is 0 Å². The summed E-state index contributed by atoms with van der Waals surface area (Å²) in [5.74, 6) is 1.70. The lowest BCUT2D eigenvalue weighted by atomic mass is 10.1. The zero-order valence-corrected chi connectivity index (χ0v) is 18.1. The number of hydrogen-bond donors (Lipinski definition) is 2. The fraction of sp³-hybridized carbons (Fsp3) is 0.333. The first-order valence-electron chi connectivity index (χ1n) is 10.5. The molecule has 0 aliphatic carbocycles. The van der Waals surface area contributed by atoms with Gasteiger partial charge < -0.3 is 15.4 Å². The third-order valence-electron chi connectivity index (χ3n) is 4.88. The Morgan fingerprint density at radius 3 is 2.57 bits per heavy atom. The van der Waals surface area contributed by atoms with Crippen molar-refractivity contribution in [2.45, 2.75) is 33.2 Å². The lowest BCUT2D eigenvalue weighted by Gasteiger charge is -2.14. The number of hydrogen-bond acceptors (Lipinski definition) is 3. The van der Waals surface area contributed by atoms with Crippen molar-refractivity contribution in [2.24, 2.45) is 4.99 Å². The van der Waals surface area contributed by atoms with Crippen LogP contribution in [0, 0.1) is 6.92 Å². The van der Waals surface area contributed by atoms with E-state index in [-0.39, 0.29) is 0 Å². The number of aryl methyl sites for hydroxylation is 2. The molecule has 0 aliphatic rings. The third-order valence-corrected chi connectivity index (χ3v) is 4.88. The summed E-state index contributed by atoms with van der Waals surface area (Å²) in [4.78, 5) is 4.32. The van der Waals surface area contributed by atoms with Gasteiger partial charge in [0.25, 0.3) is 0 Å². The number of aliphatic imine (C=N–C) groups is 1. The maximum absolute atomic E-state index is 5.69. The monoisotopic (exact) mass is 405 g/mol. The van der Waals surface area contributed by atoms with E-state index in [4.69, 9.17) is 4.74 Å². The molecule has 0 bridgehead atoms. The van der Waals surface area contributed by atoms with E-state index >= 15 is 0 Å². The average Bonchev–Trinajstić information content (AvgIpc) is 3.15. The Morgan fingerprint density at radius 2 is 1.80 bits per heavy atom. The number of para-hydroxylation sites is 2. The van der Waals surface area contributed by atoms with Gasteiger partial charge in [0.2, 0.25) is 0 Å². The fourth-order valence-electron chi connectivity index (χ4n) is 3.29. The van der Waals surface area contributed by atoms with Gasteiger partial charge in [-0.05, 0) is 50.5 Å². The van der Waals surface area contributed by atoms with Crippen LogP contribution in [0.3, 0.4) is 0 Å². The van der Waals surface area contributed by atoms with Gasteiger partial charge in [-0.25, -0.2) is 4.68 Å². The van der Waals surface area contributed by atoms with Crippen molar-refractivity contribution in [3.8, 4) is 11.4 Å². The minimum atomic E-state index is 0.657. The van der Waals surface area contributed by atoms with Crippen molar-refractivity contribution in [1.29, 1.82) is 0 Å². The molecule has 0 atom stereocenters. The van der Waals surface area contributed by atoms with E-state index in [0.717, 1.165) is 48.0 Å². The number of benzene rings is 2. The Kier molecular flexibility index (Phi) is 7.89. The molecule has 0 unspecified atom stereocenters. The van der Waals surface area contributed by atoms with Crippen molar-refractivity contribution < 1.29 is 4.74 Å². The second-order valence-corrected chi connectivity index (χ2v) is 7.02. The Bertz CT molecular complexity index is 949. The van der Waals surface area contributed by atoms with Crippen LogP contribution in [-0.4, -0.2) is 35.9 Å². The zero-order chi connectivity index (χ0) is 21.2. The third kappa shape index (κ3) is 5.86. The average molecular weight is 406 g/mol. The van der Waals surface area contributed by atoms with Gasteiger partial charge in [0.1, 0.15) is 5.75 Å². The lowest BCUT2D eigenvalue weighted by Crippen LogP contribution is -2.37. The van der Waals surface area contributed by atoms with E-state index in [9.17, 15) is 0 Å². The van der Waals surface area contributed by atoms with Gasteiger partial charge in [0.15, 0.2) is 5.96 Å². The SMILES string of the molecule is CCOc1ccccc1CNC(=NC)NCCCc1cn(-c2ccccc2)nc1C. The highest BCUT2D eigenvalue weighted by atomic mass is 16.5. The summed E-state index contributed by atoms with van der Waals surface area (Å²) < 4.78 is 7.64. The largest absolute Gasteiger partial charge is 0.494 e. The molecular formula is C24H31N5O. The van der Waals surface area contributed by atoms with Gasteiger partial charge in [0, 0.05) is 31.9 Å². The Hall–Kier alpha value is -3.28. The van der Waals surface area contributed by atoms with Gasteiger partial charge in [-0.3, -0.25) is 4.99 Å². The molecule has 30 heavy (non-hydrogen) atoms. The molecule has 2 N–H and O–H groups in total. The summed E-state index contributed by atoms with van der Waals surface area (Å²) in [6.07, 6.45) is 4.09. The molecule has 6 nitrogen and oxygen atoms in total. The van der Waals surface area contributed by atoms with E-state index in [0.29, 0.717) is 13.2 Å². The Labute approximate surface area is 179 Å². The van der Waals surface area contributed by atoms with Crippen LogP contribution < -0.4 is 15.4 Å². The minimum absolute atomic E-state index is 0.657. The molecule has 2 aromatic carbocycles. The van der Waals surface area contributed by atoms with Crippen molar-refractivity contribution in [1.82, 2.24) is 20.4 Å². The molecule has 158 valence electrons. The summed E-state index contributed by atoms with van der Waals surface area (Å²) in [7, 11) is 1.79. The Balaban J connectivity index is 1.46. The predicted molar refractivity (Wildman–Crippen MR) is 122 cm³/mol. The first-order valence-corrected chi connectivity index (χ1v) is 10.5. The summed E-state index contributed by atoms with van der Waals surface area (Å²) in [6.45, 7) is 6.22. The molecule has 0 spiro atoms. The molecule has 3 aromatic rings. The van der Waals surface area contributed by atoms with Gasteiger partial charge in [-0.2, -0.15) is 5.10 Å². The Morgan fingerprint density at radius 1 is 1.03 bits per heavy atom. The van der Waals surface area contributed by atoms with Crippen LogP contribution in [0.4, 0.5) is 0 Å². The number of nitrogens with zero attached hydrogens (tertiary/aromatic N) is 3. The number of rotatable bonds is 9. The van der Waals surface area contributed by atoms with Crippen LogP contribution in [0.1, 0.15) is 30.2 Å². The van der Waals surface area contributed by atoms with Gasteiger partial charge in [0.05, 0.1) is 18.0 Å². The molecule has 0 saturated carbocycles. The molecule has 0 radical (unpaired) electrons. The number of ether oxygens (including phenoxy) is 1. The normalized spacial score (nSPS) is 11.4. The summed E-state index contributed by atoms with van der Waals surface area (Å²) in [6, 6.07) is 18.3. The molecule has 0 amide bonds. The molecule has 1 heterocycles. The number of nitrogens with one attached hydrogen (secondary N) is 2. The molecular weight excluding hydrogens is 374 g/mol. The molecule has 0 aliphatic heterocycles. The van der Waals surface area contributed by atoms with Crippen molar-refractivity contribution in [2.75, 3.05) is 20.2 Å². The van der Waals surface area contributed by atoms with Gasteiger partial charge >= 0.3 is 0 Å². The topological polar surface area (TPSA) is 63.5 Å². The maximum Gasteiger partial charge on any atom is 0.191 e.